The van der Waals surface area contributed by atoms with Gasteiger partial charge in [0, 0.05) is 5.39 Å². The summed E-state index contributed by atoms with van der Waals surface area (Å²) in [4.78, 5) is 0. The van der Waals surface area contributed by atoms with Crippen LogP contribution < -0.4 is 4.74 Å². The molecule has 0 spiro atoms. The molecule has 0 atom stereocenters. The van der Waals surface area contributed by atoms with Gasteiger partial charge < -0.3 is 9.84 Å². The Kier molecular flexibility index (Phi) is 7.53. The highest BCUT2D eigenvalue weighted by atomic mass is 16.5. The van der Waals surface area contributed by atoms with Gasteiger partial charge >= 0.3 is 0 Å². The number of aryl methyl sites for hydroxylation is 1. The molecule has 0 amide bonds. The predicted molar refractivity (Wildman–Crippen MR) is 116 cm³/mol. The standard InChI is InChI=1S/C25H32O2/c1-2-3-4-5-6-7-8-11-20-14-15-23-18-21-12-9-10-13-22(21)19-24(23)25(20)27-17-16-26/h9-10,12-15,18-19,26H,2-8,11,16-17H2,1H3. The summed E-state index contributed by atoms with van der Waals surface area (Å²) in [6, 6.07) is 17.3. The van der Waals surface area contributed by atoms with E-state index in [9.17, 15) is 5.11 Å². The first-order valence-corrected chi connectivity index (χ1v) is 10.5. The van der Waals surface area contributed by atoms with E-state index in [0.29, 0.717) is 6.61 Å². The lowest BCUT2D eigenvalue weighted by Gasteiger charge is -2.15. The maximum atomic E-state index is 9.25. The van der Waals surface area contributed by atoms with E-state index in [1.807, 2.05) is 0 Å². The van der Waals surface area contributed by atoms with Crippen LogP contribution in [0.1, 0.15) is 57.4 Å². The smallest absolute Gasteiger partial charge is 0.130 e. The minimum absolute atomic E-state index is 0.0425. The molecule has 0 saturated heterocycles. The van der Waals surface area contributed by atoms with Gasteiger partial charge in [-0.2, -0.15) is 0 Å². The van der Waals surface area contributed by atoms with Crippen molar-refractivity contribution in [2.45, 2.75) is 58.3 Å². The molecule has 0 saturated carbocycles. The molecule has 0 aromatic heterocycles. The Morgan fingerprint density at radius 3 is 2.22 bits per heavy atom. The molecule has 0 heterocycles. The molecule has 27 heavy (non-hydrogen) atoms. The van der Waals surface area contributed by atoms with Crippen LogP contribution in [0.3, 0.4) is 0 Å². The third-order valence-electron chi connectivity index (χ3n) is 5.31. The van der Waals surface area contributed by atoms with Crippen molar-refractivity contribution in [2.24, 2.45) is 0 Å². The van der Waals surface area contributed by atoms with E-state index in [-0.39, 0.29) is 6.61 Å². The van der Waals surface area contributed by atoms with Gasteiger partial charge in [-0.25, -0.2) is 0 Å². The van der Waals surface area contributed by atoms with Crippen molar-refractivity contribution < 1.29 is 9.84 Å². The SMILES string of the molecule is CCCCCCCCCc1ccc2cc3ccccc3cc2c1OCCO. The second-order valence-electron chi connectivity index (χ2n) is 7.42. The zero-order valence-corrected chi connectivity index (χ0v) is 16.5. The molecular weight excluding hydrogens is 332 g/mol. The zero-order chi connectivity index (χ0) is 18.9. The second kappa shape index (κ2) is 10.3. The molecule has 3 aromatic carbocycles. The van der Waals surface area contributed by atoms with Crippen molar-refractivity contribution in [3.63, 3.8) is 0 Å². The van der Waals surface area contributed by atoms with Gasteiger partial charge in [0.05, 0.1) is 6.61 Å². The molecule has 144 valence electrons. The Labute approximate surface area is 163 Å². The Balaban J connectivity index is 1.78. The highest BCUT2D eigenvalue weighted by Crippen LogP contribution is 2.34. The van der Waals surface area contributed by atoms with Gasteiger partial charge in [-0.05, 0) is 46.7 Å². The first-order chi connectivity index (χ1) is 13.3. The fraction of sp³-hybridized carbons (Fsp3) is 0.440. The van der Waals surface area contributed by atoms with Crippen molar-refractivity contribution in [3.05, 3.63) is 54.1 Å². The molecule has 0 aliphatic carbocycles. The van der Waals surface area contributed by atoms with Crippen LogP contribution in [0.2, 0.25) is 0 Å². The summed E-state index contributed by atoms with van der Waals surface area (Å²) >= 11 is 0. The fourth-order valence-corrected chi connectivity index (χ4v) is 3.82. The molecule has 3 aromatic rings. The van der Waals surface area contributed by atoms with Gasteiger partial charge in [0.2, 0.25) is 0 Å². The Morgan fingerprint density at radius 1 is 0.778 bits per heavy atom. The number of rotatable bonds is 11. The Hall–Kier alpha value is -2.06. The van der Waals surface area contributed by atoms with E-state index in [1.165, 1.54) is 66.7 Å². The third kappa shape index (κ3) is 5.23. The number of ether oxygens (including phenoxy) is 1. The van der Waals surface area contributed by atoms with Crippen LogP contribution in [0, 0.1) is 0 Å². The molecule has 2 nitrogen and oxygen atoms in total. The summed E-state index contributed by atoms with van der Waals surface area (Å²) in [5, 5.41) is 14.1. The first-order valence-electron chi connectivity index (χ1n) is 10.5. The molecule has 3 rings (SSSR count). The lowest BCUT2D eigenvalue weighted by atomic mass is 9.97. The van der Waals surface area contributed by atoms with Gasteiger partial charge in [-0.3, -0.25) is 0 Å². The molecule has 0 radical (unpaired) electrons. The number of unbranched alkanes of at least 4 members (excludes halogenated alkanes) is 6. The molecule has 0 unspecified atom stereocenters. The largest absolute Gasteiger partial charge is 0.490 e. The van der Waals surface area contributed by atoms with Crippen molar-refractivity contribution in [1.29, 1.82) is 0 Å². The summed E-state index contributed by atoms with van der Waals surface area (Å²) < 4.78 is 6.01. The summed E-state index contributed by atoms with van der Waals surface area (Å²) in [5.74, 6) is 0.957. The number of fused-ring (bicyclic) bond motifs is 2. The highest BCUT2D eigenvalue weighted by Gasteiger charge is 2.10. The van der Waals surface area contributed by atoms with E-state index in [0.717, 1.165) is 17.6 Å². The molecule has 2 heteroatoms. The number of hydrogen-bond donors (Lipinski definition) is 1. The van der Waals surface area contributed by atoms with Crippen LogP contribution in [-0.2, 0) is 6.42 Å². The average molecular weight is 365 g/mol. The van der Waals surface area contributed by atoms with Crippen molar-refractivity contribution in [1.82, 2.24) is 0 Å². The van der Waals surface area contributed by atoms with Crippen molar-refractivity contribution in [2.75, 3.05) is 13.2 Å². The lowest BCUT2D eigenvalue weighted by molar-refractivity contribution is 0.201. The predicted octanol–water partition coefficient (Wildman–Crippen LogP) is 6.66. The minimum Gasteiger partial charge on any atom is -0.490 e. The van der Waals surface area contributed by atoms with E-state index in [1.54, 1.807) is 0 Å². The summed E-state index contributed by atoms with van der Waals surface area (Å²) in [6.45, 7) is 2.65. The molecule has 0 fully saturated rings. The maximum absolute atomic E-state index is 9.25. The van der Waals surface area contributed by atoms with Crippen LogP contribution in [0.15, 0.2) is 48.5 Å². The van der Waals surface area contributed by atoms with Gasteiger partial charge in [0.15, 0.2) is 0 Å². The minimum atomic E-state index is 0.0425. The number of hydrogen-bond acceptors (Lipinski definition) is 2. The van der Waals surface area contributed by atoms with Crippen LogP contribution in [0.4, 0.5) is 0 Å². The highest BCUT2D eigenvalue weighted by molar-refractivity contribution is 6.01. The Morgan fingerprint density at radius 2 is 1.48 bits per heavy atom. The molecular formula is C25H32O2. The molecule has 1 N–H and O–H groups in total. The first kappa shape index (κ1) is 19.7. The van der Waals surface area contributed by atoms with Gasteiger partial charge in [-0.15, -0.1) is 0 Å². The second-order valence-corrected chi connectivity index (χ2v) is 7.42. The van der Waals surface area contributed by atoms with E-state index >= 15 is 0 Å². The van der Waals surface area contributed by atoms with Crippen LogP contribution in [0.25, 0.3) is 21.5 Å². The zero-order valence-electron chi connectivity index (χ0n) is 16.5. The topological polar surface area (TPSA) is 29.5 Å². The molecule has 0 aliphatic rings. The summed E-state index contributed by atoms with van der Waals surface area (Å²) in [6.07, 6.45) is 10.2. The van der Waals surface area contributed by atoms with E-state index < -0.39 is 0 Å². The van der Waals surface area contributed by atoms with Gasteiger partial charge in [-0.1, -0.05) is 81.8 Å². The van der Waals surface area contributed by atoms with Gasteiger partial charge in [0.1, 0.15) is 12.4 Å². The third-order valence-corrected chi connectivity index (χ3v) is 5.31. The summed E-state index contributed by atoms with van der Waals surface area (Å²) in [7, 11) is 0. The van der Waals surface area contributed by atoms with Crippen molar-refractivity contribution >= 4 is 21.5 Å². The lowest BCUT2D eigenvalue weighted by Crippen LogP contribution is -2.04. The van der Waals surface area contributed by atoms with Crippen LogP contribution >= 0.6 is 0 Å². The van der Waals surface area contributed by atoms with Crippen LogP contribution in [0.5, 0.6) is 5.75 Å². The molecule has 0 aliphatic heterocycles. The summed E-state index contributed by atoms with van der Waals surface area (Å²) in [5.41, 5.74) is 1.26. The fourth-order valence-electron chi connectivity index (χ4n) is 3.82. The monoisotopic (exact) mass is 364 g/mol. The Bertz CT molecular complexity index is 853. The average Bonchev–Trinajstić information content (AvgIpc) is 2.70. The number of benzene rings is 3. The maximum Gasteiger partial charge on any atom is 0.130 e. The van der Waals surface area contributed by atoms with E-state index in [2.05, 4.69) is 55.5 Å². The van der Waals surface area contributed by atoms with Crippen molar-refractivity contribution in [3.8, 4) is 5.75 Å². The van der Waals surface area contributed by atoms with Crippen LogP contribution in [-0.4, -0.2) is 18.3 Å². The van der Waals surface area contributed by atoms with E-state index in [4.69, 9.17) is 4.74 Å². The normalized spacial score (nSPS) is 11.3. The van der Waals surface area contributed by atoms with Gasteiger partial charge in [0.25, 0.3) is 0 Å². The number of aliphatic hydroxyl groups excluding tert-OH is 1. The quantitative estimate of drug-likeness (QED) is 0.304. The number of aliphatic hydroxyl groups is 1. The molecule has 0 bridgehead atoms.